The molecule has 4 heterocycles. The third-order valence-electron chi connectivity index (χ3n) is 8.37. The highest BCUT2D eigenvalue weighted by atomic mass is 16.2. The number of nitrogens with one attached hydrogen (secondary N) is 3. The van der Waals surface area contributed by atoms with E-state index in [2.05, 4.69) is 15.6 Å². The number of carbonyl (C=O) groups is 3. The van der Waals surface area contributed by atoms with Gasteiger partial charge in [0.05, 0.1) is 17.5 Å². The van der Waals surface area contributed by atoms with Crippen LogP contribution in [-0.2, 0) is 26.3 Å². The Morgan fingerprint density at radius 2 is 1.68 bits per heavy atom. The number of imide groups is 1. The summed E-state index contributed by atoms with van der Waals surface area (Å²) in [6.07, 6.45) is 2.46. The number of rotatable bonds is 3. The largest absolute Gasteiger partial charge is 0.361 e. The highest BCUT2D eigenvalue weighted by Crippen LogP contribution is 2.54. The number of hydrogen-bond donors (Lipinski definition) is 3. The topological polar surface area (TPSA) is 94.3 Å². The van der Waals surface area contributed by atoms with Gasteiger partial charge in [0.15, 0.2) is 0 Å². The summed E-state index contributed by atoms with van der Waals surface area (Å²) in [5, 5.41) is 7.65. The van der Waals surface area contributed by atoms with Crippen LogP contribution in [-0.4, -0.2) is 28.7 Å². The first kappa shape index (κ1) is 22.0. The molecular weight excluding hydrogens is 464 g/mol. The highest BCUT2D eigenvalue weighted by Gasteiger charge is 2.70. The fourth-order valence-electron chi connectivity index (χ4n) is 6.64. The van der Waals surface area contributed by atoms with Crippen LogP contribution < -0.4 is 15.5 Å². The van der Waals surface area contributed by atoms with Crippen molar-refractivity contribution in [3.8, 4) is 0 Å². The molecule has 184 valence electrons. The van der Waals surface area contributed by atoms with Crippen molar-refractivity contribution in [1.29, 1.82) is 0 Å². The monoisotopic (exact) mass is 490 g/mol. The van der Waals surface area contributed by atoms with Gasteiger partial charge in [-0.2, -0.15) is 0 Å². The minimum atomic E-state index is -1.31. The number of benzene rings is 3. The van der Waals surface area contributed by atoms with E-state index < -0.39 is 23.4 Å². The fraction of sp³-hybridized carbons (Fsp3) is 0.233. The second-order valence-electron chi connectivity index (χ2n) is 10.4. The van der Waals surface area contributed by atoms with Crippen molar-refractivity contribution < 1.29 is 14.4 Å². The molecule has 2 fully saturated rings. The summed E-state index contributed by atoms with van der Waals surface area (Å²) in [6.45, 7) is 3.90. The van der Waals surface area contributed by atoms with Crippen LogP contribution in [0.1, 0.15) is 22.3 Å². The Morgan fingerprint density at radius 3 is 2.49 bits per heavy atom. The maximum atomic E-state index is 14.1. The Labute approximate surface area is 213 Å². The zero-order valence-electron chi connectivity index (χ0n) is 20.5. The number of hydrogen-bond acceptors (Lipinski definition) is 4. The molecular formula is C30H26N4O3. The molecule has 0 bridgehead atoms. The van der Waals surface area contributed by atoms with Crippen molar-refractivity contribution in [2.24, 2.45) is 11.8 Å². The SMILES string of the molecule is Cc1ccc(N2C(=O)[C@@H]3[C@H](Cc4c[nH]c5ccccc45)N[C@]4(C(=O)Nc5c(C)cccc54)[C@@H]3C2=O)cc1. The van der Waals surface area contributed by atoms with Crippen molar-refractivity contribution in [1.82, 2.24) is 10.3 Å². The predicted octanol–water partition coefficient (Wildman–Crippen LogP) is 3.95. The third kappa shape index (κ3) is 2.89. The molecule has 7 nitrogen and oxygen atoms in total. The quantitative estimate of drug-likeness (QED) is 0.379. The first-order chi connectivity index (χ1) is 17.9. The third-order valence-corrected chi connectivity index (χ3v) is 8.37. The Hall–Kier alpha value is -4.23. The van der Waals surface area contributed by atoms with E-state index in [0.29, 0.717) is 12.1 Å². The van der Waals surface area contributed by atoms with Crippen LogP contribution >= 0.6 is 0 Å². The van der Waals surface area contributed by atoms with Crippen LogP contribution in [0.4, 0.5) is 11.4 Å². The van der Waals surface area contributed by atoms with E-state index in [1.807, 2.05) is 74.6 Å². The van der Waals surface area contributed by atoms with E-state index in [-0.39, 0.29) is 17.7 Å². The van der Waals surface area contributed by atoms with Gasteiger partial charge >= 0.3 is 0 Å². The molecule has 0 radical (unpaired) electrons. The lowest BCUT2D eigenvalue weighted by molar-refractivity contribution is -0.130. The standard InChI is InChI=1S/C30H26N4O3/c1-16-10-12-19(13-11-16)34-27(35)24-23(14-18-15-31-22-9-4-3-7-20(18)22)33-30(25(24)28(34)36)21-8-5-6-17(2)26(21)32-29(30)37/h3-13,15,23-25,31,33H,14H2,1-2H3,(H,32,37)/t23-,24+,25-,30-/m0/s1. The van der Waals surface area contributed by atoms with Crippen molar-refractivity contribution in [3.05, 3.63) is 95.2 Å². The molecule has 4 aromatic rings. The van der Waals surface area contributed by atoms with Gasteiger partial charge in [0, 0.05) is 34.4 Å². The summed E-state index contributed by atoms with van der Waals surface area (Å²) in [6, 6.07) is 20.7. The van der Waals surface area contributed by atoms with Gasteiger partial charge < -0.3 is 10.3 Å². The number of anilines is 2. The zero-order valence-corrected chi connectivity index (χ0v) is 20.5. The lowest BCUT2D eigenvalue weighted by Crippen LogP contribution is -2.53. The van der Waals surface area contributed by atoms with Gasteiger partial charge in [-0.25, -0.2) is 4.90 Å². The van der Waals surface area contributed by atoms with Gasteiger partial charge in [0.25, 0.3) is 0 Å². The van der Waals surface area contributed by atoms with Gasteiger partial charge in [-0.1, -0.05) is 54.1 Å². The normalized spacial score (nSPS) is 26.3. The van der Waals surface area contributed by atoms with E-state index in [1.165, 1.54) is 4.90 Å². The minimum Gasteiger partial charge on any atom is -0.361 e. The lowest BCUT2D eigenvalue weighted by Gasteiger charge is -2.29. The van der Waals surface area contributed by atoms with Crippen molar-refractivity contribution in [3.63, 3.8) is 0 Å². The molecule has 7 heteroatoms. The number of amides is 3. The summed E-state index contributed by atoms with van der Waals surface area (Å²) in [7, 11) is 0. The molecule has 37 heavy (non-hydrogen) atoms. The van der Waals surface area contributed by atoms with E-state index in [4.69, 9.17) is 0 Å². The molecule has 1 spiro atoms. The number of H-pyrrole nitrogens is 1. The fourth-order valence-corrected chi connectivity index (χ4v) is 6.64. The maximum Gasteiger partial charge on any atom is 0.250 e. The number of nitrogens with zero attached hydrogens (tertiary/aromatic N) is 1. The number of para-hydroxylation sites is 2. The Balaban J connectivity index is 1.39. The van der Waals surface area contributed by atoms with Crippen molar-refractivity contribution in [2.45, 2.75) is 31.8 Å². The zero-order chi connectivity index (χ0) is 25.5. The predicted molar refractivity (Wildman–Crippen MR) is 141 cm³/mol. The van der Waals surface area contributed by atoms with Crippen LogP contribution in [0, 0.1) is 25.7 Å². The summed E-state index contributed by atoms with van der Waals surface area (Å²) >= 11 is 0. The first-order valence-corrected chi connectivity index (χ1v) is 12.6. The van der Waals surface area contributed by atoms with Crippen LogP contribution in [0.25, 0.3) is 10.9 Å². The molecule has 0 unspecified atom stereocenters. The number of carbonyl (C=O) groups excluding carboxylic acids is 3. The number of fused-ring (bicyclic) bond motifs is 5. The smallest absolute Gasteiger partial charge is 0.250 e. The molecule has 2 saturated heterocycles. The second kappa shape index (κ2) is 7.63. The number of aryl methyl sites for hydroxylation is 2. The molecule has 3 aromatic carbocycles. The molecule has 1 aromatic heterocycles. The Morgan fingerprint density at radius 1 is 0.892 bits per heavy atom. The summed E-state index contributed by atoms with van der Waals surface area (Å²) < 4.78 is 0. The van der Waals surface area contributed by atoms with Gasteiger partial charge in [0.2, 0.25) is 17.7 Å². The molecule has 3 aliphatic heterocycles. The Bertz CT molecular complexity index is 1620. The number of aromatic amines is 1. The molecule has 3 amide bonds. The van der Waals surface area contributed by atoms with E-state index in [0.717, 1.165) is 38.8 Å². The van der Waals surface area contributed by atoms with Crippen molar-refractivity contribution in [2.75, 3.05) is 10.2 Å². The summed E-state index contributed by atoms with van der Waals surface area (Å²) in [5.41, 5.74) is 4.71. The highest BCUT2D eigenvalue weighted by molar-refractivity contribution is 6.26. The van der Waals surface area contributed by atoms with E-state index >= 15 is 0 Å². The molecule has 7 rings (SSSR count). The van der Waals surface area contributed by atoms with E-state index in [9.17, 15) is 14.4 Å². The average molecular weight is 491 g/mol. The summed E-state index contributed by atoms with van der Waals surface area (Å²) in [4.78, 5) is 46.5. The minimum absolute atomic E-state index is 0.262. The molecule has 0 saturated carbocycles. The number of aromatic nitrogens is 1. The van der Waals surface area contributed by atoms with Crippen LogP contribution in [0.5, 0.6) is 0 Å². The molecule has 4 atom stereocenters. The van der Waals surface area contributed by atoms with E-state index in [1.54, 1.807) is 12.1 Å². The molecule has 0 aliphatic carbocycles. The average Bonchev–Trinajstić information content (AvgIpc) is 3.60. The van der Waals surface area contributed by atoms with Crippen LogP contribution in [0.2, 0.25) is 0 Å². The van der Waals surface area contributed by atoms with Gasteiger partial charge in [-0.05, 0) is 49.6 Å². The first-order valence-electron chi connectivity index (χ1n) is 12.6. The summed E-state index contributed by atoms with van der Waals surface area (Å²) in [5.74, 6) is -2.40. The van der Waals surface area contributed by atoms with Crippen LogP contribution in [0.3, 0.4) is 0 Å². The van der Waals surface area contributed by atoms with Crippen molar-refractivity contribution >= 4 is 40.0 Å². The molecule has 3 N–H and O–H groups in total. The lowest BCUT2D eigenvalue weighted by atomic mass is 9.76. The maximum absolute atomic E-state index is 14.1. The Kier molecular flexibility index (Phi) is 4.54. The van der Waals surface area contributed by atoms with Gasteiger partial charge in [-0.3, -0.25) is 19.7 Å². The van der Waals surface area contributed by atoms with Crippen LogP contribution in [0.15, 0.2) is 72.9 Å². The molecule has 3 aliphatic rings. The second-order valence-corrected chi connectivity index (χ2v) is 10.4. The van der Waals surface area contributed by atoms with Gasteiger partial charge in [0.1, 0.15) is 5.54 Å². The van der Waals surface area contributed by atoms with Gasteiger partial charge in [-0.15, -0.1) is 0 Å².